The summed E-state index contributed by atoms with van der Waals surface area (Å²) < 4.78 is 47.9. The zero-order chi connectivity index (χ0) is 31.4. The molecule has 2 aromatic heterocycles. The fourth-order valence-electron chi connectivity index (χ4n) is 4.31. The Morgan fingerprint density at radius 2 is 1.53 bits per heavy atom. The van der Waals surface area contributed by atoms with Crippen LogP contribution in [0, 0.1) is 0 Å². The minimum absolute atomic E-state index is 0.00521. The fourth-order valence-corrected chi connectivity index (χ4v) is 6.78. The van der Waals surface area contributed by atoms with Gasteiger partial charge in [0, 0.05) is 17.6 Å². The highest BCUT2D eigenvalue weighted by Gasteiger charge is 2.34. The zero-order valence-corrected chi connectivity index (χ0v) is 27.3. The molecule has 43 heavy (non-hydrogen) atoms. The second-order valence-corrected chi connectivity index (χ2v) is 17.4. The third-order valence-electron chi connectivity index (χ3n) is 6.52. The first kappa shape index (κ1) is 32.4. The summed E-state index contributed by atoms with van der Waals surface area (Å²) in [6.07, 6.45) is 4.98. The van der Waals surface area contributed by atoms with Gasteiger partial charge < -0.3 is 19.3 Å². The van der Waals surface area contributed by atoms with Gasteiger partial charge >= 0.3 is 0 Å². The molecule has 0 amide bonds. The first-order chi connectivity index (χ1) is 20.4. The molecule has 0 saturated carbocycles. The van der Waals surface area contributed by atoms with Crippen molar-refractivity contribution in [1.29, 1.82) is 0 Å². The summed E-state index contributed by atoms with van der Waals surface area (Å²) in [5, 5.41) is 20.3. The molecule has 4 aromatic rings. The van der Waals surface area contributed by atoms with E-state index in [2.05, 4.69) is 33.9 Å². The van der Waals surface area contributed by atoms with E-state index < -0.39 is 31.9 Å². The molecule has 2 heterocycles. The molecule has 0 unspecified atom stereocenters. The van der Waals surface area contributed by atoms with Gasteiger partial charge in [-0.2, -0.15) is 0 Å². The lowest BCUT2D eigenvalue weighted by atomic mass is 10.1. The third-order valence-corrected chi connectivity index (χ3v) is 9.94. The molecule has 0 radical (unpaired) electrons. The number of sulfonamides is 1. The summed E-state index contributed by atoms with van der Waals surface area (Å²) >= 11 is 6.00. The van der Waals surface area contributed by atoms with Crippen LogP contribution in [-0.2, 0) is 10.0 Å². The Morgan fingerprint density at radius 3 is 2.12 bits per heavy atom. The number of para-hydroxylation sites is 1. The molecule has 1 N–H and O–H groups in total. The molecule has 0 aliphatic carbocycles. The van der Waals surface area contributed by atoms with E-state index in [0.29, 0.717) is 45.1 Å². The normalized spacial score (nSPS) is 12.9. The summed E-state index contributed by atoms with van der Waals surface area (Å²) in [5.41, 5.74) is 1.18. The van der Waals surface area contributed by atoms with Crippen LogP contribution in [0.25, 0.3) is 17.2 Å². The highest BCUT2D eigenvalue weighted by Crippen LogP contribution is 2.40. The molecule has 14 heteroatoms. The van der Waals surface area contributed by atoms with Crippen LogP contribution < -0.4 is 18.5 Å². The Morgan fingerprint density at radius 1 is 0.907 bits per heavy atom. The van der Waals surface area contributed by atoms with Gasteiger partial charge in [-0.25, -0.2) is 27.7 Å². The van der Waals surface area contributed by atoms with Crippen LogP contribution in [0.4, 0.5) is 5.95 Å². The Bertz CT molecular complexity index is 1640. The van der Waals surface area contributed by atoms with Crippen molar-refractivity contribution in [3.05, 3.63) is 71.2 Å². The number of halogens is 1. The molecule has 0 saturated heterocycles. The van der Waals surface area contributed by atoms with E-state index in [1.165, 1.54) is 25.6 Å². The molecule has 0 spiro atoms. The lowest BCUT2D eigenvalue weighted by molar-refractivity contribution is 0.201. The van der Waals surface area contributed by atoms with E-state index in [1.807, 2.05) is 0 Å². The number of nitrogens with zero attached hydrogens (tertiary/aromatic N) is 5. The Kier molecular flexibility index (Phi) is 10.1. The minimum atomic E-state index is -4.19. The van der Waals surface area contributed by atoms with E-state index in [4.69, 9.17) is 25.8 Å². The minimum Gasteiger partial charge on any atom is -0.494 e. The van der Waals surface area contributed by atoms with Crippen LogP contribution in [0.5, 0.6) is 17.4 Å². The topological polar surface area (TPSA) is 129 Å². The first-order valence-electron chi connectivity index (χ1n) is 13.2. The van der Waals surface area contributed by atoms with Gasteiger partial charge in [-0.1, -0.05) is 35.9 Å². The summed E-state index contributed by atoms with van der Waals surface area (Å²) in [5.74, 6) is 1.32. The van der Waals surface area contributed by atoms with E-state index in [9.17, 15) is 13.5 Å². The van der Waals surface area contributed by atoms with Gasteiger partial charge in [-0.15, -0.1) is 10.2 Å². The van der Waals surface area contributed by atoms with Gasteiger partial charge in [-0.05, 0) is 60.4 Å². The second kappa shape index (κ2) is 13.4. The van der Waals surface area contributed by atoms with Crippen molar-refractivity contribution in [3.8, 4) is 34.6 Å². The zero-order valence-electron chi connectivity index (χ0n) is 24.9. The quantitative estimate of drug-likeness (QED) is 0.221. The molecule has 2 aromatic carbocycles. The van der Waals surface area contributed by atoms with E-state index in [0.717, 1.165) is 0 Å². The van der Waals surface area contributed by atoms with Gasteiger partial charge in [0.1, 0.15) is 22.9 Å². The van der Waals surface area contributed by atoms with Crippen LogP contribution in [0.1, 0.15) is 11.7 Å². The number of benzene rings is 2. The third kappa shape index (κ3) is 7.53. The first-order valence-corrected chi connectivity index (χ1v) is 18.2. The molecule has 0 aliphatic heterocycles. The number of aliphatic hydroxyl groups is 1. The van der Waals surface area contributed by atoms with Gasteiger partial charge in [0.2, 0.25) is 21.9 Å². The molecule has 1 atom stereocenters. The maximum absolute atomic E-state index is 14.2. The van der Waals surface area contributed by atoms with E-state index >= 15 is 0 Å². The fraction of sp³-hybridized carbons (Fsp3) is 0.345. The van der Waals surface area contributed by atoms with Crippen LogP contribution in [-0.4, -0.2) is 91.4 Å². The van der Waals surface area contributed by atoms with Crippen molar-refractivity contribution in [2.75, 3.05) is 62.5 Å². The number of pyridine rings is 1. The Balaban J connectivity index is 1.95. The number of aliphatic hydroxyl groups excluding tert-OH is 1. The lowest BCUT2D eigenvalue weighted by Crippen LogP contribution is -2.39. The summed E-state index contributed by atoms with van der Waals surface area (Å²) in [6, 6.07) is 16.8. The monoisotopic (exact) mass is 649 g/mol. The number of hydrogen-bond donors (Lipinski definition) is 1. The van der Waals surface area contributed by atoms with Crippen molar-refractivity contribution in [2.45, 2.75) is 6.10 Å². The highest BCUT2D eigenvalue weighted by molar-refractivity contribution is 8.32. The number of rotatable bonds is 13. The molecule has 0 aliphatic rings. The predicted molar refractivity (Wildman–Crippen MR) is 172 cm³/mol. The number of anilines is 1. The van der Waals surface area contributed by atoms with Crippen LogP contribution in [0.2, 0.25) is 5.02 Å². The van der Waals surface area contributed by atoms with Crippen molar-refractivity contribution >= 4 is 37.6 Å². The van der Waals surface area contributed by atoms with Crippen molar-refractivity contribution in [3.63, 3.8) is 0 Å². The summed E-state index contributed by atoms with van der Waals surface area (Å²) in [6.45, 7) is 0.0929. The van der Waals surface area contributed by atoms with Gasteiger partial charge in [0.25, 0.3) is 0 Å². The molecule has 0 bridgehead atoms. The van der Waals surface area contributed by atoms with Crippen molar-refractivity contribution in [2.24, 2.45) is 0 Å². The average Bonchev–Trinajstić information content (AvgIpc) is 3.40. The largest absolute Gasteiger partial charge is 0.494 e. The standard InChI is InChI=1S/C29H36ClN5O6S2/c1-39-24-10-8-11-25(40-2)27(24)35-28(22-9-7-12-26(31-22)41-3)32-33-29(35)34(17-18-42(4,5)6)43(37,38)19-23(36)20-13-15-21(30)16-14-20/h7-16,23,36H,17-19H2,1-6H3/t23-/m1/s1. The number of hydrogen-bond acceptors (Lipinski definition) is 9. The van der Waals surface area contributed by atoms with Crippen molar-refractivity contribution < 1.29 is 27.7 Å². The average molecular weight is 650 g/mol. The predicted octanol–water partition coefficient (Wildman–Crippen LogP) is 4.57. The Labute approximate surface area is 258 Å². The van der Waals surface area contributed by atoms with Gasteiger partial charge in [0.05, 0.1) is 33.2 Å². The highest BCUT2D eigenvalue weighted by atomic mass is 35.5. The van der Waals surface area contributed by atoms with Crippen LogP contribution in [0.15, 0.2) is 60.7 Å². The molecule has 232 valence electrons. The smallest absolute Gasteiger partial charge is 0.246 e. The maximum atomic E-state index is 14.2. The molecular formula is C29H36ClN5O6S2. The second-order valence-electron chi connectivity index (χ2n) is 10.4. The summed E-state index contributed by atoms with van der Waals surface area (Å²) in [7, 11) is -0.830. The van der Waals surface area contributed by atoms with E-state index in [-0.39, 0.29) is 18.3 Å². The van der Waals surface area contributed by atoms with Gasteiger partial charge in [0.15, 0.2) is 5.82 Å². The number of methoxy groups -OCH3 is 3. The molecular weight excluding hydrogens is 614 g/mol. The molecule has 0 fully saturated rings. The van der Waals surface area contributed by atoms with E-state index in [1.54, 1.807) is 65.2 Å². The SMILES string of the molecule is COc1cccc(-c2nnc(N(CCS(C)(C)C)S(=O)(=O)C[C@@H](O)c3ccc(Cl)cc3)n2-c2c(OC)cccc2OC)n1. The summed E-state index contributed by atoms with van der Waals surface area (Å²) in [4.78, 5) is 4.53. The maximum Gasteiger partial charge on any atom is 0.246 e. The lowest BCUT2D eigenvalue weighted by Gasteiger charge is -2.31. The number of aromatic nitrogens is 4. The van der Waals surface area contributed by atoms with Crippen LogP contribution >= 0.6 is 21.6 Å². The number of ether oxygens (including phenoxy) is 3. The molecule has 11 nitrogen and oxygen atoms in total. The Hall–Kier alpha value is -3.52. The van der Waals surface area contributed by atoms with Crippen molar-refractivity contribution in [1.82, 2.24) is 19.7 Å². The molecule has 4 rings (SSSR count). The van der Waals surface area contributed by atoms with Gasteiger partial charge in [-0.3, -0.25) is 4.57 Å². The van der Waals surface area contributed by atoms with Crippen LogP contribution in [0.3, 0.4) is 0 Å².